The van der Waals surface area contributed by atoms with Crippen LogP contribution in [0.25, 0.3) is 11.1 Å². The Labute approximate surface area is 136 Å². The van der Waals surface area contributed by atoms with Crippen molar-refractivity contribution in [3.8, 4) is 11.1 Å². The molecule has 1 fully saturated rings. The van der Waals surface area contributed by atoms with Crippen molar-refractivity contribution in [1.82, 2.24) is 10.2 Å². The number of amides is 1. The molecule has 1 aliphatic rings. The van der Waals surface area contributed by atoms with Gasteiger partial charge in [0, 0.05) is 18.7 Å². The zero-order valence-corrected chi connectivity index (χ0v) is 13.1. The highest BCUT2D eigenvalue weighted by atomic mass is 32.1. The Morgan fingerprint density at radius 1 is 0.909 bits per heavy atom. The van der Waals surface area contributed by atoms with Gasteiger partial charge in [0.05, 0.1) is 0 Å². The van der Waals surface area contributed by atoms with Crippen LogP contribution >= 0.6 is 12.2 Å². The van der Waals surface area contributed by atoms with Gasteiger partial charge in [0.2, 0.25) is 0 Å². The Bertz CT molecular complexity index is 661. The second-order valence-electron chi connectivity index (χ2n) is 5.40. The van der Waals surface area contributed by atoms with E-state index in [1.54, 1.807) is 0 Å². The molecular formula is C18H18N2OS. The smallest absolute Gasteiger partial charge is 0.257 e. The summed E-state index contributed by atoms with van der Waals surface area (Å²) in [6, 6.07) is 17.7. The minimum absolute atomic E-state index is 0.142. The third-order valence-corrected chi connectivity index (χ3v) is 4.23. The minimum atomic E-state index is -0.142. The van der Waals surface area contributed by atoms with Crippen molar-refractivity contribution in [1.29, 1.82) is 0 Å². The van der Waals surface area contributed by atoms with Gasteiger partial charge in [-0.05, 0) is 48.3 Å². The van der Waals surface area contributed by atoms with Crippen LogP contribution in [0.15, 0.2) is 54.6 Å². The Kier molecular flexibility index (Phi) is 4.49. The summed E-state index contributed by atoms with van der Waals surface area (Å²) < 4.78 is 0. The van der Waals surface area contributed by atoms with Gasteiger partial charge in [-0.15, -0.1) is 0 Å². The van der Waals surface area contributed by atoms with E-state index in [0.717, 1.165) is 37.1 Å². The fourth-order valence-corrected chi connectivity index (χ4v) is 2.89. The van der Waals surface area contributed by atoms with Crippen molar-refractivity contribution in [2.45, 2.75) is 12.8 Å². The second-order valence-corrected chi connectivity index (χ2v) is 5.78. The molecular weight excluding hydrogens is 292 g/mol. The van der Waals surface area contributed by atoms with Gasteiger partial charge in [-0.2, -0.15) is 0 Å². The standard InChI is InChI=1S/C18H18N2OS/c21-17(19-18(22)20-12-4-5-13-20)16-10-8-15(9-11-16)14-6-2-1-3-7-14/h1-3,6-11H,4-5,12-13H2,(H,19,21,22). The molecule has 2 aromatic rings. The highest BCUT2D eigenvalue weighted by molar-refractivity contribution is 7.80. The van der Waals surface area contributed by atoms with E-state index in [-0.39, 0.29) is 5.91 Å². The molecule has 0 atom stereocenters. The van der Waals surface area contributed by atoms with Crippen molar-refractivity contribution < 1.29 is 4.79 Å². The minimum Gasteiger partial charge on any atom is -0.349 e. The Morgan fingerprint density at radius 2 is 1.50 bits per heavy atom. The quantitative estimate of drug-likeness (QED) is 0.862. The lowest BCUT2D eigenvalue weighted by molar-refractivity contribution is 0.0974. The molecule has 3 rings (SSSR count). The average molecular weight is 310 g/mol. The average Bonchev–Trinajstić information content (AvgIpc) is 3.10. The van der Waals surface area contributed by atoms with E-state index in [1.807, 2.05) is 47.4 Å². The van der Waals surface area contributed by atoms with E-state index >= 15 is 0 Å². The maximum atomic E-state index is 12.2. The maximum absolute atomic E-state index is 12.2. The summed E-state index contributed by atoms with van der Waals surface area (Å²) in [5.74, 6) is -0.142. The van der Waals surface area contributed by atoms with Crippen molar-refractivity contribution in [3.05, 3.63) is 60.2 Å². The fraction of sp³-hybridized carbons (Fsp3) is 0.222. The molecule has 0 spiro atoms. The molecule has 112 valence electrons. The van der Waals surface area contributed by atoms with Gasteiger partial charge >= 0.3 is 0 Å². The van der Waals surface area contributed by atoms with E-state index < -0.39 is 0 Å². The van der Waals surface area contributed by atoms with E-state index in [0.29, 0.717) is 10.7 Å². The first-order valence-electron chi connectivity index (χ1n) is 7.50. The van der Waals surface area contributed by atoms with Crippen LogP contribution in [0.4, 0.5) is 0 Å². The first-order chi connectivity index (χ1) is 10.7. The Balaban J connectivity index is 1.67. The summed E-state index contributed by atoms with van der Waals surface area (Å²) in [6.07, 6.45) is 2.28. The summed E-state index contributed by atoms with van der Waals surface area (Å²) in [4.78, 5) is 14.3. The van der Waals surface area contributed by atoms with Crippen molar-refractivity contribution >= 4 is 23.2 Å². The summed E-state index contributed by atoms with van der Waals surface area (Å²) in [7, 11) is 0. The number of carbonyl (C=O) groups is 1. The summed E-state index contributed by atoms with van der Waals surface area (Å²) in [5, 5.41) is 3.35. The SMILES string of the molecule is O=C(NC(=S)N1CCCC1)c1ccc(-c2ccccc2)cc1. The molecule has 1 amide bonds. The van der Waals surface area contributed by atoms with E-state index in [4.69, 9.17) is 12.2 Å². The van der Waals surface area contributed by atoms with Gasteiger partial charge < -0.3 is 4.90 Å². The number of nitrogens with zero attached hydrogens (tertiary/aromatic N) is 1. The van der Waals surface area contributed by atoms with Crippen molar-refractivity contribution in [3.63, 3.8) is 0 Å². The number of likely N-dealkylation sites (tertiary alicyclic amines) is 1. The molecule has 1 saturated heterocycles. The van der Waals surface area contributed by atoms with Crippen LogP contribution < -0.4 is 5.32 Å². The van der Waals surface area contributed by atoms with Crippen LogP contribution in [-0.2, 0) is 0 Å². The summed E-state index contributed by atoms with van der Waals surface area (Å²) in [5.41, 5.74) is 2.86. The molecule has 1 N–H and O–H groups in total. The predicted molar refractivity (Wildman–Crippen MR) is 92.7 cm³/mol. The largest absolute Gasteiger partial charge is 0.349 e. The van der Waals surface area contributed by atoms with Gasteiger partial charge in [-0.25, -0.2) is 0 Å². The zero-order chi connectivity index (χ0) is 15.4. The van der Waals surface area contributed by atoms with Gasteiger partial charge in [-0.1, -0.05) is 42.5 Å². The molecule has 0 saturated carbocycles. The predicted octanol–water partition coefficient (Wildman–Crippen LogP) is 3.46. The molecule has 4 heteroatoms. The molecule has 0 bridgehead atoms. The number of benzene rings is 2. The lowest BCUT2D eigenvalue weighted by Crippen LogP contribution is -2.41. The highest BCUT2D eigenvalue weighted by Gasteiger charge is 2.17. The van der Waals surface area contributed by atoms with E-state index in [1.165, 1.54) is 0 Å². The molecule has 2 aromatic carbocycles. The lowest BCUT2D eigenvalue weighted by atomic mass is 10.0. The Morgan fingerprint density at radius 3 is 2.14 bits per heavy atom. The molecule has 0 radical (unpaired) electrons. The molecule has 0 aliphatic carbocycles. The normalized spacial score (nSPS) is 13.9. The van der Waals surface area contributed by atoms with Crippen molar-refractivity contribution in [2.24, 2.45) is 0 Å². The first kappa shape index (κ1) is 14.7. The maximum Gasteiger partial charge on any atom is 0.257 e. The monoisotopic (exact) mass is 310 g/mol. The van der Waals surface area contributed by atoms with E-state index in [9.17, 15) is 4.79 Å². The zero-order valence-electron chi connectivity index (χ0n) is 12.3. The number of hydrogen-bond donors (Lipinski definition) is 1. The van der Waals surface area contributed by atoms with Crippen LogP contribution in [0.2, 0.25) is 0 Å². The number of nitrogens with one attached hydrogen (secondary N) is 1. The van der Waals surface area contributed by atoms with Gasteiger partial charge in [0.1, 0.15) is 0 Å². The molecule has 3 nitrogen and oxygen atoms in total. The Hall–Kier alpha value is -2.20. The fourth-order valence-electron chi connectivity index (χ4n) is 2.61. The second kappa shape index (κ2) is 6.71. The van der Waals surface area contributed by atoms with Gasteiger partial charge in [-0.3, -0.25) is 10.1 Å². The third kappa shape index (κ3) is 3.34. The molecule has 1 aliphatic heterocycles. The molecule has 0 aromatic heterocycles. The van der Waals surface area contributed by atoms with Crippen LogP contribution in [0.3, 0.4) is 0 Å². The van der Waals surface area contributed by atoms with Crippen molar-refractivity contribution in [2.75, 3.05) is 13.1 Å². The van der Waals surface area contributed by atoms with E-state index in [2.05, 4.69) is 17.4 Å². The number of rotatable bonds is 2. The van der Waals surface area contributed by atoms with Gasteiger partial charge in [0.25, 0.3) is 5.91 Å². The number of carbonyl (C=O) groups excluding carboxylic acids is 1. The lowest BCUT2D eigenvalue weighted by Gasteiger charge is -2.18. The molecule has 0 unspecified atom stereocenters. The number of thiocarbonyl (C=S) groups is 1. The van der Waals surface area contributed by atoms with Crippen LogP contribution in [0.5, 0.6) is 0 Å². The molecule has 1 heterocycles. The summed E-state index contributed by atoms with van der Waals surface area (Å²) in [6.45, 7) is 1.87. The third-order valence-electron chi connectivity index (χ3n) is 3.87. The van der Waals surface area contributed by atoms with Gasteiger partial charge in [0.15, 0.2) is 5.11 Å². The number of hydrogen-bond acceptors (Lipinski definition) is 2. The van der Waals surface area contributed by atoms with Crippen LogP contribution in [-0.4, -0.2) is 29.0 Å². The van der Waals surface area contributed by atoms with Crippen LogP contribution in [0, 0.1) is 0 Å². The van der Waals surface area contributed by atoms with Crippen LogP contribution in [0.1, 0.15) is 23.2 Å². The first-order valence-corrected chi connectivity index (χ1v) is 7.90. The topological polar surface area (TPSA) is 32.3 Å². The summed E-state index contributed by atoms with van der Waals surface area (Å²) >= 11 is 5.29. The molecule has 22 heavy (non-hydrogen) atoms. The highest BCUT2D eigenvalue weighted by Crippen LogP contribution is 2.19.